The van der Waals surface area contributed by atoms with Crippen molar-refractivity contribution in [3.05, 3.63) is 71.3 Å². The van der Waals surface area contributed by atoms with Crippen molar-refractivity contribution in [2.45, 2.75) is 20.3 Å². The summed E-state index contributed by atoms with van der Waals surface area (Å²) in [5.74, 6) is 0.743. The summed E-state index contributed by atoms with van der Waals surface area (Å²) < 4.78 is 8.23. The van der Waals surface area contributed by atoms with E-state index in [0.29, 0.717) is 22.4 Å². The maximum atomic E-state index is 12.8. The van der Waals surface area contributed by atoms with Crippen LogP contribution in [0.15, 0.2) is 65.7 Å². The third kappa shape index (κ3) is 4.57. The minimum Gasteiger partial charge on any atom is -0.494 e. The standard InChI is InChI=1S/C24H23N3O2S2/c1-3-13-29-20-12-8-9-17(14-20)22-18(15-21-23(28)26(4-2)24(30)31-21)16-27(25-22)19-10-6-5-7-11-19/h5-12,14-16H,3-4,13H2,1-2H3. The van der Waals surface area contributed by atoms with E-state index < -0.39 is 0 Å². The molecule has 0 radical (unpaired) electrons. The number of nitrogens with zero attached hydrogens (tertiary/aromatic N) is 3. The van der Waals surface area contributed by atoms with E-state index in [-0.39, 0.29) is 5.91 Å². The van der Waals surface area contributed by atoms with Crippen molar-refractivity contribution >= 4 is 40.3 Å². The van der Waals surface area contributed by atoms with Gasteiger partial charge >= 0.3 is 0 Å². The molecule has 0 N–H and O–H groups in total. The van der Waals surface area contributed by atoms with Gasteiger partial charge in [-0.05, 0) is 43.7 Å². The summed E-state index contributed by atoms with van der Waals surface area (Å²) in [6.07, 6.45) is 4.77. The largest absolute Gasteiger partial charge is 0.494 e. The zero-order valence-corrected chi connectivity index (χ0v) is 19.1. The summed E-state index contributed by atoms with van der Waals surface area (Å²) in [6.45, 7) is 5.23. The summed E-state index contributed by atoms with van der Waals surface area (Å²) in [5.41, 5.74) is 3.52. The summed E-state index contributed by atoms with van der Waals surface area (Å²) >= 11 is 6.70. The molecule has 0 saturated carbocycles. The highest BCUT2D eigenvalue weighted by atomic mass is 32.2. The summed E-state index contributed by atoms with van der Waals surface area (Å²) in [6, 6.07) is 17.8. The predicted molar refractivity (Wildman–Crippen MR) is 130 cm³/mol. The molecule has 0 spiro atoms. The predicted octanol–water partition coefficient (Wildman–Crippen LogP) is 5.55. The van der Waals surface area contributed by atoms with Crippen molar-refractivity contribution in [2.75, 3.05) is 13.2 Å². The van der Waals surface area contributed by atoms with Crippen molar-refractivity contribution in [3.63, 3.8) is 0 Å². The molecule has 158 valence electrons. The Labute approximate surface area is 191 Å². The molecule has 5 nitrogen and oxygen atoms in total. The third-order valence-electron chi connectivity index (χ3n) is 4.82. The quantitative estimate of drug-likeness (QED) is 0.350. The Morgan fingerprint density at radius 3 is 2.65 bits per heavy atom. The van der Waals surface area contributed by atoms with Crippen LogP contribution in [0.3, 0.4) is 0 Å². The van der Waals surface area contributed by atoms with Gasteiger partial charge in [-0.1, -0.05) is 61.2 Å². The number of benzene rings is 2. The maximum Gasteiger partial charge on any atom is 0.266 e. The molecule has 1 saturated heterocycles. The summed E-state index contributed by atoms with van der Waals surface area (Å²) in [4.78, 5) is 15.0. The lowest BCUT2D eigenvalue weighted by Gasteiger charge is -2.09. The first-order chi connectivity index (χ1) is 15.1. The number of likely N-dealkylation sites (N-methyl/N-ethyl adjacent to an activating group) is 1. The van der Waals surface area contributed by atoms with Crippen LogP contribution in [0, 0.1) is 0 Å². The number of ether oxygens (including phenoxy) is 1. The van der Waals surface area contributed by atoms with Crippen LogP contribution in [0.25, 0.3) is 23.0 Å². The number of carbonyl (C=O) groups is 1. The summed E-state index contributed by atoms with van der Waals surface area (Å²) in [7, 11) is 0. The number of hydrogen-bond donors (Lipinski definition) is 0. The fourth-order valence-corrected chi connectivity index (χ4v) is 4.67. The Hall–Kier alpha value is -2.90. The fourth-order valence-electron chi connectivity index (χ4n) is 3.30. The van der Waals surface area contributed by atoms with Crippen LogP contribution in [0.1, 0.15) is 25.8 Å². The van der Waals surface area contributed by atoms with Crippen LogP contribution in [0.4, 0.5) is 0 Å². The van der Waals surface area contributed by atoms with Gasteiger partial charge < -0.3 is 4.74 Å². The van der Waals surface area contributed by atoms with Gasteiger partial charge in [0.05, 0.1) is 17.2 Å². The molecule has 2 heterocycles. The zero-order valence-electron chi connectivity index (χ0n) is 17.4. The Morgan fingerprint density at radius 2 is 1.94 bits per heavy atom. The van der Waals surface area contributed by atoms with E-state index in [1.54, 1.807) is 4.90 Å². The first-order valence-electron chi connectivity index (χ1n) is 10.2. The highest BCUT2D eigenvalue weighted by Crippen LogP contribution is 2.35. The molecule has 1 amide bonds. The van der Waals surface area contributed by atoms with Gasteiger partial charge in [0, 0.05) is 23.9 Å². The number of para-hydroxylation sites is 1. The molecule has 0 atom stereocenters. The molecule has 0 unspecified atom stereocenters. The average Bonchev–Trinajstić information content (AvgIpc) is 3.33. The topological polar surface area (TPSA) is 47.4 Å². The van der Waals surface area contributed by atoms with E-state index in [9.17, 15) is 4.79 Å². The van der Waals surface area contributed by atoms with Gasteiger partial charge in [0.25, 0.3) is 5.91 Å². The number of thiocarbonyl (C=S) groups is 1. The first kappa shape index (κ1) is 21.3. The monoisotopic (exact) mass is 449 g/mol. The number of hydrogen-bond acceptors (Lipinski definition) is 5. The maximum absolute atomic E-state index is 12.8. The number of amides is 1. The van der Waals surface area contributed by atoms with Crippen LogP contribution < -0.4 is 4.74 Å². The van der Waals surface area contributed by atoms with E-state index in [4.69, 9.17) is 22.1 Å². The minimum absolute atomic E-state index is 0.0593. The Kier molecular flexibility index (Phi) is 6.53. The van der Waals surface area contributed by atoms with Crippen molar-refractivity contribution in [1.82, 2.24) is 14.7 Å². The van der Waals surface area contributed by atoms with Crippen LogP contribution >= 0.6 is 24.0 Å². The Morgan fingerprint density at radius 1 is 1.13 bits per heavy atom. The molecule has 1 aromatic heterocycles. The lowest BCUT2D eigenvalue weighted by atomic mass is 10.1. The molecular weight excluding hydrogens is 426 g/mol. The van der Waals surface area contributed by atoms with Crippen molar-refractivity contribution < 1.29 is 9.53 Å². The van der Waals surface area contributed by atoms with Crippen LogP contribution in [-0.2, 0) is 4.79 Å². The lowest BCUT2D eigenvalue weighted by molar-refractivity contribution is -0.121. The molecule has 0 bridgehead atoms. The van der Waals surface area contributed by atoms with Gasteiger partial charge in [-0.15, -0.1) is 0 Å². The van der Waals surface area contributed by atoms with E-state index in [0.717, 1.165) is 34.7 Å². The molecule has 1 aliphatic heterocycles. The Bertz CT molecular complexity index is 1140. The van der Waals surface area contributed by atoms with Gasteiger partial charge in [-0.2, -0.15) is 5.10 Å². The molecule has 31 heavy (non-hydrogen) atoms. The number of carbonyl (C=O) groups excluding carboxylic acids is 1. The second kappa shape index (κ2) is 9.49. The number of rotatable bonds is 7. The second-order valence-corrected chi connectivity index (χ2v) is 8.69. The fraction of sp³-hybridized carbons (Fsp3) is 0.208. The molecule has 4 rings (SSSR count). The van der Waals surface area contributed by atoms with Gasteiger partial charge in [0.2, 0.25) is 0 Å². The molecule has 0 aliphatic carbocycles. The molecular formula is C24H23N3O2S2. The lowest BCUT2D eigenvalue weighted by Crippen LogP contribution is -2.27. The molecule has 3 aromatic rings. The number of aromatic nitrogens is 2. The Balaban J connectivity index is 1.79. The average molecular weight is 450 g/mol. The van der Waals surface area contributed by atoms with Gasteiger partial charge in [0.1, 0.15) is 15.8 Å². The number of thioether (sulfide) groups is 1. The van der Waals surface area contributed by atoms with Gasteiger partial charge in [-0.3, -0.25) is 9.69 Å². The molecule has 2 aromatic carbocycles. The molecule has 7 heteroatoms. The van der Waals surface area contributed by atoms with Crippen molar-refractivity contribution in [2.24, 2.45) is 0 Å². The molecule has 1 fully saturated rings. The zero-order chi connectivity index (χ0) is 21.8. The molecule has 1 aliphatic rings. The van der Waals surface area contributed by atoms with Crippen LogP contribution in [0.5, 0.6) is 5.75 Å². The highest BCUT2D eigenvalue weighted by Gasteiger charge is 2.31. The van der Waals surface area contributed by atoms with Gasteiger partial charge in [-0.25, -0.2) is 4.68 Å². The SMILES string of the molecule is CCCOc1cccc(-c2nn(-c3ccccc3)cc2C=C2SC(=S)N(CC)C2=O)c1. The van der Waals surface area contributed by atoms with E-state index >= 15 is 0 Å². The third-order valence-corrected chi connectivity index (χ3v) is 6.20. The van der Waals surface area contributed by atoms with Crippen molar-refractivity contribution in [3.8, 4) is 22.7 Å². The van der Waals surface area contributed by atoms with Gasteiger partial charge in [0.15, 0.2) is 0 Å². The van der Waals surface area contributed by atoms with E-state index in [1.807, 2.05) is 78.5 Å². The summed E-state index contributed by atoms with van der Waals surface area (Å²) in [5, 5.41) is 4.85. The second-order valence-electron chi connectivity index (χ2n) is 7.02. The first-order valence-corrected chi connectivity index (χ1v) is 11.5. The van der Waals surface area contributed by atoms with Crippen LogP contribution in [-0.4, -0.2) is 38.1 Å². The van der Waals surface area contributed by atoms with E-state index in [1.165, 1.54) is 11.8 Å². The normalized spacial score (nSPS) is 15.2. The highest BCUT2D eigenvalue weighted by molar-refractivity contribution is 8.26. The minimum atomic E-state index is -0.0593. The van der Waals surface area contributed by atoms with Crippen molar-refractivity contribution in [1.29, 1.82) is 0 Å². The van der Waals surface area contributed by atoms with E-state index in [2.05, 4.69) is 6.92 Å². The smallest absolute Gasteiger partial charge is 0.266 e. The van der Waals surface area contributed by atoms with Crippen LogP contribution in [0.2, 0.25) is 0 Å².